The van der Waals surface area contributed by atoms with Gasteiger partial charge in [-0.2, -0.15) is 0 Å². The van der Waals surface area contributed by atoms with E-state index in [4.69, 9.17) is 11.5 Å². The Balaban J connectivity index is 0.000000855. The van der Waals surface area contributed by atoms with Crippen molar-refractivity contribution in [3.8, 4) is 0 Å². The topological polar surface area (TPSA) is 279 Å². The van der Waals surface area contributed by atoms with Gasteiger partial charge in [0.2, 0.25) is 35.4 Å². The molecular weight excluding hydrogens is 603 g/mol. The molecule has 2 saturated heterocycles. The third-order valence-corrected chi connectivity index (χ3v) is 6.75. The minimum absolute atomic E-state index is 0. The van der Waals surface area contributed by atoms with Crippen LogP contribution in [0.4, 0.5) is 0 Å². The number of hydrogen-bond acceptors (Lipinski definition) is 10. The van der Waals surface area contributed by atoms with Crippen LogP contribution in [0.2, 0.25) is 0 Å². The van der Waals surface area contributed by atoms with E-state index in [0.717, 1.165) is 24.4 Å². The number of carbonyl (C=O) groups excluding carboxylic acids is 6. The van der Waals surface area contributed by atoms with Gasteiger partial charge in [-0.25, -0.2) is 0 Å². The Hall–Kier alpha value is -3.22. The third kappa shape index (κ3) is 16.1. The number of rotatable bonds is 15. The van der Waals surface area contributed by atoms with E-state index < -0.39 is 41.8 Å². The van der Waals surface area contributed by atoms with Gasteiger partial charge in [0.1, 0.15) is 12.1 Å². The molecular formula is C26H47N10NaO8. The molecule has 2 aliphatic heterocycles. The molecule has 0 saturated carbocycles. The molecule has 2 unspecified atom stereocenters. The van der Waals surface area contributed by atoms with Crippen LogP contribution in [0, 0.1) is 22.3 Å². The van der Waals surface area contributed by atoms with Gasteiger partial charge >= 0.3 is 29.6 Å². The summed E-state index contributed by atoms with van der Waals surface area (Å²) in [6.07, 6.45) is 3.52. The Morgan fingerprint density at radius 2 is 1.36 bits per heavy atom. The van der Waals surface area contributed by atoms with Crippen LogP contribution in [0.3, 0.4) is 0 Å². The maximum absolute atomic E-state index is 12.4. The van der Waals surface area contributed by atoms with Gasteiger partial charge in [-0.15, -0.1) is 5.01 Å². The molecule has 0 radical (unpaired) electrons. The average Bonchev–Trinajstić information content (AvgIpc) is 3.66. The molecule has 18 nitrogen and oxygen atoms in total. The average molecular weight is 651 g/mol. The van der Waals surface area contributed by atoms with Crippen LogP contribution in [0.1, 0.15) is 66.2 Å². The summed E-state index contributed by atoms with van der Waals surface area (Å²) >= 11 is 0. The van der Waals surface area contributed by atoms with Crippen molar-refractivity contribution >= 4 is 35.4 Å². The van der Waals surface area contributed by atoms with E-state index in [1.165, 1.54) is 0 Å². The number of nitrogens with one attached hydrogen (secondary N) is 5. The molecule has 2 aliphatic rings. The van der Waals surface area contributed by atoms with E-state index in [2.05, 4.69) is 31.9 Å². The van der Waals surface area contributed by atoms with E-state index >= 15 is 0 Å². The van der Waals surface area contributed by atoms with Crippen LogP contribution in [0.15, 0.2) is 5.28 Å². The summed E-state index contributed by atoms with van der Waals surface area (Å²) in [6.45, 7) is 8.18. The zero-order valence-electron chi connectivity index (χ0n) is 26.8. The maximum Gasteiger partial charge on any atom is 1.00 e. The minimum Gasteiger partial charge on any atom is -0.737 e. The Morgan fingerprint density at radius 1 is 0.867 bits per heavy atom. The quantitative estimate of drug-likeness (QED) is 0.0383. The van der Waals surface area contributed by atoms with Crippen molar-refractivity contribution in [3.05, 3.63) is 10.4 Å². The molecule has 45 heavy (non-hydrogen) atoms. The number of nitrogens with zero attached hydrogens (tertiary/aromatic N) is 3. The Labute approximate surface area is 285 Å². The predicted octanol–water partition coefficient (Wildman–Crippen LogP) is -5.17. The van der Waals surface area contributed by atoms with Gasteiger partial charge in [-0.1, -0.05) is 27.7 Å². The second-order valence-corrected chi connectivity index (χ2v) is 11.6. The normalized spacial score (nSPS) is 19.0. The van der Waals surface area contributed by atoms with Crippen LogP contribution in [-0.4, -0.2) is 95.8 Å². The van der Waals surface area contributed by atoms with E-state index in [9.17, 15) is 39.2 Å². The fourth-order valence-electron chi connectivity index (χ4n) is 4.72. The molecule has 19 heteroatoms. The van der Waals surface area contributed by atoms with Crippen LogP contribution in [0.25, 0.3) is 0 Å². The van der Waals surface area contributed by atoms with Crippen molar-refractivity contribution in [1.82, 2.24) is 31.6 Å². The largest absolute Gasteiger partial charge is 1.00 e. The van der Waals surface area contributed by atoms with Crippen LogP contribution in [0.5, 0.6) is 0 Å². The SMILES string of the molecule is CC(C)CC(NC(=O)[C@@H]1CCCN1)C(=O)NCC(N)=O.CC(C)CC(NC(=O)[C@@H]1CCCN1/[N+]([O-])=N/[O-])C(=O)NCC(N)=O.[Na+]. The molecule has 0 spiro atoms. The number of amides is 6. The molecule has 9 N–H and O–H groups in total. The second kappa shape index (κ2) is 21.5. The summed E-state index contributed by atoms with van der Waals surface area (Å²) in [6, 6.07) is -2.60. The van der Waals surface area contributed by atoms with Gasteiger partial charge in [-0.3, -0.25) is 28.8 Å². The Bertz CT molecular complexity index is 1040. The Morgan fingerprint density at radius 3 is 1.76 bits per heavy atom. The van der Waals surface area contributed by atoms with Crippen molar-refractivity contribution in [2.24, 2.45) is 28.6 Å². The first-order valence-electron chi connectivity index (χ1n) is 14.7. The molecule has 0 aromatic carbocycles. The van der Waals surface area contributed by atoms with Crippen molar-refractivity contribution in [1.29, 1.82) is 0 Å². The van der Waals surface area contributed by atoms with Crippen LogP contribution in [-0.2, 0) is 28.8 Å². The number of hydrogen-bond donors (Lipinski definition) is 7. The molecule has 6 amide bonds. The second-order valence-electron chi connectivity index (χ2n) is 11.6. The molecule has 0 bridgehead atoms. The first-order valence-corrected chi connectivity index (χ1v) is 14.7. The van der Waals surface area contributed by atoms with Gasteiger partial charge in [0.05, 0.1) is 25.7 Å². The molecule has 2 rings (SSSR count). The Kier molecular flexibility index (Phi) is 20.0. The molecule has 2 fully saturated rings. The summed E-state index contributed by atoms with van der Waals surface area (Å²) in [5.41, 5.74) is 9.97. The van der Waals surface area contributed by atoms with Crippen molar-refractivity contribution in [3.63, 3.8) is 0 Å². The van der Waals surface area contributed by atoms with Crippen molar-refractivity contribution < 1.29 is 63.3 Å². The summed E-state index contributed by atoms with van der Waals surface area (Å²) < 4.78 is 0. The fourth-order valence-corrected chi connectivity index (χ4v) is 4.72. The van der Waals surface area contributed by atoms with E-state index in [-0.39, 0.29) is 83.9 Å². The molecule has 4 atom stereocenters. The van der Waals surface area contributed by atoms with Crippen LogP contribution < -0.4 is 67.6 Å². The van der Waals surface area contributed by atoms with Gasteiger partial charge in [0.25, 0.3) is 0 Å². The van der Waals surface area contributed by atoms with Gasteiger partial charge in [-0.05, 0) is 62.2 Å². The van der Waals surface area contributed by atoms with E-state index in [0.29, 0.717) is 25.7 Å². The minimum atomic E-state index is -0.872. The molecule has 0 aliphatic carbocycles. The third-order valence-electron chi connectivity index (χ3n) is 6.75. The maximum atomic E-state index is 12.4. The van der Waals surface area contributed by atoms with Gasteiger partial charge in [0, 0.05) is 4.97 Å². The molecule has 2 heterocycles. The summed E-state index contributed by atoms with van der Waals surface area (Å²) in [4.78, 5) is 69.8. The predicted molar refractivity (Wildman–Crippen MR) is 157 cm³/mol. The number of carbonyl (C=O) groups is 6. The van der Waals surface area contributed by atoms with Crippen molar-refractivity contribution in [2.75, 3.05) is 26.2 Å². The summed E-state index contributed by atoms with van der Waals surface area (Å²) in [7, 11) is 0. The van der Waals surface area contributed by atoms with Crippen LogP contribution >= 0.6 is 0 Å². The smallest absolute Gasteiger partial charge is 0.737 e. The summed E-state index contributed by atoms with van der Waals surface area (Å²) in [5, 5.41) is 38.2. The first kappa shape index (κ1) is 41.8. The monoisotopic (exact) mass is 650 g/mol. The number of hydrazine groups is 1. The van der Waals surface area contributed by atoms with Crippen molar-refractivity contribution in [2.45, 2.75) is 90.4 Å². The summed E-state index contributed by atoms with van der Waals surface area (Å²) in [5.74, 6) is -2.57. The molecule has 250 valence electrons. The molecule has 0 aromatic rings. The number of primary amides is 2. The zero-order chi connectivity index (χ0) is 33.4. The standard InChI is InChI=1S/C13H24N6O5.C13H24N4O3.Na/c1-8(2)6-9(12(21)15-7-11(14)20)16-13(22)10-4-3-5-18(10)19(24)17-23;1-8(2)6-10(12(19)16-7-11(14)18)17-13(20)9-4-3-5-15-9;/h8-10,23H,3-7H2,1-2H3,(H2,14,20)(H,15,21)(H,16,22);8-10,15H,3-7H2,1-2H3,(H2,14,18)(H,16,19)(H,17,20);/q;;+1/p-1/b19-17-;;/t9?,10-;9-,10?;/m00./s1. The first-order chi connectivity index (χ1) is 20.7. The van der Waals surface area contributed by atoms with E-state index in [1.807, 2.05) is 27.7 Å². The fraction of sp³-hybridized carbons (Fsp3) is 0.769. The van der Waals surface area contributed by atoms with E-state index in [1.54, 1.807) is 0 Å². The van der Waals surface area contributed by atoms with Gasteiger partial charge < -0.3 is 48.5 Å². The zero-order valence-corrected chi connectivity index (χ0v) is 28.8. The van der Waals surface area contributed by atoms with Gasteiger partial charge in [0.15, 0.2) is 6.04 Å². The molecule has 0 aromatic heterocycles. The number of nitrogens with two attached hydrogens (primary N) is 2.